The highest BCUT2D eigenvalue weighted by Gasteiger charge is 2.15. The van der Waals surface area contributed by atoms with Gasteiger partial charge in [-0.2, -0.15) is 5.26 Å². The van der Waals surface area contributed by atoms with Crippen LogP contribution in [-0.2, 0) is 14.9 Å². The second kappa shape index (κ2) is 8.80. The first-order chi connectivity index (χ1) is 11.9. The van der Waals surface area contributed by atoms with Crippen LogP contribution in [0.5, 0.6) is 0 Å². The van der Waals surface area contributed by atoms with Crippen LogP contribution in [0.3, 0.4) is 0 Å². The first kappa shape index (κ1) is 19.2. The van der Waals surface area contributed by atoms with Crippen LogP contribution >= 0.6 is 0 Å². The van der Waals surface area contributed by atoms with Gasteiger partial charge in [0.2, 0.25) is 0 Å². The van der Waals surface area contributed by atoms with Gasteiger partial charge in [-0.1, -0.05) is 45.0 Å². The number of hydrogen-bond acceptors (Lipinski definition) is 3. The van der Waals surface area contributed by atoms with E-state index < -0.39 is 0 Å². The largest absolute Gasteiger partial charge is 0.370 e. The number of benzene rings is 1. The summed E-state index contributed by atoms with van der Waals surface area (Å²) in [5.41, 5.74) is 2.31. The predicted molar refractivity (Wildman–Crippen MR) is 98.1 cm³/mol. The monoisotopic (exact) mass is 342 g/mol. The van der Waals surface area contributed by atoms with Crippen molar-refractivity contribution in [2.45, 2.75) is 26.2 Å². The van der Waals surface area contributed by atoms with Crippen LogP contribution in [0, 0.1) is 11.3 Å². The van der Waals surface area contributed by atoms with Crippen LogP contribution in [0.2, 0.25) is 0 Å². The number of carbonyl (C=O) groups excluding carboxylic acids is 1. The Kier molecular flexibility index (Phi) is 6.74. The number of ether oxygens (including phenoxy) is 1. The molecule has 1 heterocycles. The van der Waals surface area contributed by atoms with Crippen LogP contribution in [0.15, 0.2) is 29.8 Å². The van der Waals surface area contributed by atoms with E-state index in [4.69, 9.17) is 4.74 Å². The zero-order valence-corrected chi connectivity index (χ0v) is 15.4. The van der Waals surface area contributed by atoms with E-state index in [0.717, 1.165) is 38.4 Å². The standard InChI is InChI=1S/C20H27N3O2/c1-20(2,3)18-6-4-16(5-7-18)14-17(15-21)19(24)22-8-9-23-10-12-25-13-11-23/h4-7,14H,8-13H2,1-3H3,(H,22,24)/p+1/b17-14+. The van der Waals surface area contributed by atoms with Crippen molar-refractivity contribution in [3.63, 3.8) is 0 Å². The number of nitrogens with zero attached hydrogens (tertiary/aromatic N) is 1. The summed E-state index contributed by atoms with van der Waals surface area (Å²) in [4.78, 5) is 13.6. The Labute approximate surface area is 150 Å². The molecule has 25 heavy (non-hydrogen) atoms. The van der Waals surface area contributed by atoms with E-state index in [-0.39, 0.29) is 16.9 Å². The number of quaternary nitrogens is 1. The molecule has 0 spiro atoms. The second-order valence-electron chi connectivity index (χ2n) is 7.41. The van der Waals surface area contributed by atoms with Crippen molar-refractivity contribution in [2.24, 2.45) is 0 Å². The maximum atomic E-state index is 12.2. The molecule has 0 radical (unpaired) electrons. The molecule has 1 saturated heterocycles. The SMILES string of the molecule is CC(C)(C)c1ccc(/C=C(\C#N)C(=O)NCC[NH+]2CCOCC2)cc1. The number of hydrogen-bond donors (Lipinski definition) is 2. The summed E-state index contributed by atoms with van der Waals surface area (Å²) in [6.07, 6.45) is 1.64. The summed E-state index contributed by atoms with van der Waals surface area (Å²) in [5.74, 6) is -0.310. The van der Waals surface area contributed by atoms with E-state index in [0.29, 0.717) is 6.54 Å². The van der Waals surface area contributed by atoms with Crippen molar-refractivity contribution in [3.8, 4) is 6.07 Å². The Balaban J connectivity index is 1.92. The molecule has 1 aromatic rings. The molecule has 1 aliphatic heterocycles. The van der Waals surface area contributed by atoms with Gasteiger partial charge in [0.25, 0.3) is 5.91 Å². The minimum absolute atomic E-state index is 0.0828. The molecule has 2 rings (SSSR count). The molecule has 2 N–H and O–H groups in total. The zero-order valence-electron chi connectivity index (χ0n) is 15.4. The highest BCUT2D eigenvalue weighted by atomic mass is 16.5. The molecule has 1 amide bonds. The minimum Gasteiger partial charge on any atom is -0.370 e. The van der Waals surface area contributed by atoms with Crippen molar-refractivity contribution in [3.05, 3.63) is 41.0 Å². The number of nitriles is 1. The van der Waals surface area contributed by atoms with Gasteiger partial charge in [-0.25, -0.2) is 0 Å². The van der Waals surface area contributed by atoms with Crippen LogP contribution in [0.25, 0.3) is 6.08 Å². The van der Waals surface area contributed by atoms with Gasteiger partial charge < -0.3 is 15.0 Å². The summed E-state index contributed by atoms with van der Waals surface area (Å²) in [7, 11) is 0. The molecule has 0 saturated carbocycles. The van der Waals surface area contributed by atoms with Crippen molar-refractivity contribution >= 4 is 12.0 Å². The highest BCUT2D eigenvalue weighted by molar-refractivity contribution is 6.01. The highest BCUT2D eigenvalue weighted by Crippen LogP contribution is 2.22. The maximum absolute atomic E-state index is 12.2. The molecule has 1 aromatic carbocycles. The first-order valence-electron chi connectivity index (χ1n) is 8.82. The predicted octanol–water partition coefficient (Wildman–Crippen LogP) is 0.922. The van der Waals surface area contributed by atoms with E-state index in [1.165, 1.54) is 10.5 Å². The Bertz CT molecular complexity index is 645. The van der Waals surface area contributed by atoms with E-state index in [2.05, 4.69) is 26.1 Å². The van der Waals surface area contributed by atoms with Crippen molar-refractivity contribution in [2.75, 3.05) is 39.4 Å². The summed E-state index contributed by atoms with van der Waals surface area (Å²) >= 11 is 0. The normalized spacial score (nSPS) is 16.3. The lowest BCUT2D eigenvalue weighted by Gasteiger charge is -2.23. The van der Waals surface area contributed by atoms with Gasteiger partial charge in [-0.05, 0) is 22.6 Å². The van der Waals surface area contributed by atoms with Crippen molar-refractivity contribution < 1.29 is 14.4 Å². The number of carbonyl (C=O) groups is 1. The lowest BCUT2D eigenvalue weighted by Crippen LogP contribution is -3.14. The van der Waals surface area contributed by atoms with Gasteiger partial charge in [-0.15, -0.1) is 0 Å². The number of morpholine rings is 1. The molecular weight excluding hydrogens is 314 g/mol. The summed E-state index contributed by atoms with van der Waals surface area (Å²) in [6, 6.07) is 9.99. The number of rotatable bonds is 5. The fourth-order valence-electron chi connectivity index (χ4n) is 2.75. The molecule has 5 heteroatoms. The van der Waals surface area contributed by atoms with Crippen LogP contribution < -0.4 is 10.2 Å². The Morgan fingerprint density at radius 3 is 2.48 bits per heavy atom. The molecule has 0 aromatic heterocycles. The lowest BCUT2D eigenvalue weighted by atomic mass is 9.86. The summed E-state index contributed by atoms with van der Waals surface area (Å²) in [5, 5.41) is 12.1. The molecule has 1 aliphatic rings. The van der Waals surface area contributed by atoms with Gasteiger partial charge in [0.1, 0.15) is 24.7 Å². The van der Waals surface area contributed by atoms with Gasteiger partial charge in [0.15, 0.2) is 0 Å². The van der Waals surface area contributed by atoms with Crippen molar-refractivity contribution in [1.29, 1.82) is 5.26 Å². The third kappa shape index (κ3) is 6.00. The third-order valence-electron chi connectivity index (χ3n) is 4.42. The van der Waals surface area contributed by atoms with Crippen LogP contribution in [-0.4, -0.2) is 45.3 Å². The summed E-state index contributed by atoms with van der Waals surface area (Å²) < 4.78 is 5.32. The van der Waals surface area contributed by atoms with Crippen LogP contribution in [0.4, 0.5) is 0 Å². The lowest BCUT2D eigenvalue weighted by molar-refractivity contribution is -0.906. The quantitative estimate of drug-likeness (QED) is 0.618. The number of amides is 1. The fourth-order valence-corrected chi connectivity index (χ4v) is 2.75. The molecular formula is C20H28N3O2+. The molecule has 0 unspecified atom stereocenters. The minimum atomic E-state index is -0.310. The topological polar surface area (TPSA) is 66.6 Å². The number of nitrogens with one attached hydrogen (secondary N) is 2. The molecule has 134 valence electrons. The van der Waals surface area contributed by atoms with E-state index in [1.807, 2.05) is 30.3 Å². The Hall–Kier alpha value is -2.16. The molecule has 0 aliphatic carbocycles. The van der Waals surface area contributed by atoms with Crippen molar-refractivity contribution in [1.82, 2.24) is 5.32 Å². The van der Waals surface area contributed by atoms with Crippen LogP contribution in [0.1, 0.15) is 31.9 Å². The second-order valence-corrected chi connectivity index (χ2v) is 7.41. The van der Waals surface area contributed by atoms with Gasteiger partial charge in [-0.3, -0.25) is 4.79 Å². The smallest absolute Gasteiger partial charge is 0.262 e. The van der Waals surface area contributed by atoms with Gasteiger partial charge >= 0.3 is 0 Å². The first-order valence-corrected chi connectivity index (χ1v) is 8.82. The Morgan fingerprint density at radius 1 is 1.28 bits per heavy atom. The molecule has 5 nitrogen and oxygen atoms in total. The fraction of sp³-hybridized carbons (Fsp3) is 0.500. The maximum Gasteiger partial charge on any atom is 0.262 e. The average molecular weight is 342 g/mol. The Morgan fingerprint density at radius 2 is 1.92 bits per heavy atom. The van der Waals surface area contributed by atoms with E-state index in [1.54, 1.807) is 6.08 Å². The molecule has 0 bridgehead atoms. The van der Waals surface area contributed by atoms with Gasteiger partial charge in [0.05, 0.1) is 26.3 Å². The third-order valence-corrected chi connectivity index (χ3v) is 4.42. The van der Waals surface area contributed by atoms with E-state index in [9.17, 15) is 10.1 Å². The van der Waals surface area contributed by atoms with E-state index >= 15 is 0 Å². The zero-order chi connectivity index (χ0) is 18.3. The molecule has 1 fully saturated rings. The average Bonchev–Trinajstić information content (AvgIpc) is 2.60. The molecule has 0 atom stereocenters. The summed E-state index contributed by atoms with van der Waals surface area (Å²) in [6.45, 7) is 11.4. The van der Waals surface area contributed by atoms with Gasteiger partial charge in [0, 0.05) is 0 Å².